The molecule has 0 atom stereocenters. The van der Waals surface area contributed by atoms with Crippen LogP contribution in [-0.2, 0) is 11.3 Å². The zero-order valence-electron chi connectivity index (χ0n) is 11.8. The van der Waals surface area contributed by atoms with Crippen LogP contribution in [0.15, 0.2) is 24.3 Å². The number of rotatable bonds is 6. The summed E-state index contributed by atoms with van der Waals surface area (Å²) in [5, 5.41) is 3.39. The van der Waals surface area contributed by atoms with Gasteiger partial charge in [0.05, 0.1) is 12.2 Å². The molecule has 0 radical (unpaired) electrons. The lowest BCUT2D eigenvalue weighted by Gasteiger charge is -2.37. The molecule has 0 heterocycles. The van der Waals surface area contributed by atoms with Crippen LogP contribution in [0.1, 0.15) is 44.6 Å². The van der Waals surface area contributed by atoms with Crippen LogP contribution < -0.4 is 5.32 Å². The van der Waals surface area contributed by atoms with Crippen LogP contribution in [0.2, 0.25) is 0 Å². The fraction of sp³-hybridized carbons (Fsp3) is 0.625. The van der Waals surface area contributed by atoms with Crippen LogP contribution in [0.5, 0.6) is 0 Å². The molecule has 0 amide bonds. The quantitative estimate of drug-likeness (QED) is 0.847. The van der Waals surface area contributed by atoms with E-state index in [9.17, 15) is 4.39 Å². The summed E-state index contributed by atoms with van der Waals surface area (Å²) in [7, 11) is 0. The van der Waals surface area contributed by atoms with Gasteiger partial charge in [-0.15, -0.1) is 0 Å². The van der Waals surface area contributed by atoms with Crippen molar-refractivity contribution in [3.05, 3.63) is 35.6 Å². The summed E-state index contributed by atoms with van der Waals surface area (Å²) in [5.74, 6) is -0.170. The molecule has 3 heteroatoms. The van der Waals surface area contributed by atoms with Gasteiger partial charge in [0.15, 0.2) is 0 Å². The first-order valence-corrected chi connectivity index (χ1v) is 7.34. The molecule has 0 bridgehead atoms. The lowest BCUT2D eigenvalue weighted by molar-refractivity contribution is -0.0790. The summed E-state index contributed by atoms with van der Waals surface area (Å²) in [6, 6.07) is 6.88. The molecular weight excluding hydrogens is 241 g/mol. The summed E-state index contributed by atoms with van der Waals surface area (Å²) in [6.07, 6.45) is 5.87. The van der Waals surface area contributed by atoms with Gasteiger partial charge in [0.25, 0.3) is 0 Å². The normalized spacial score (nSPS) is 18.4. The minimum atomic E-state index is -0.170. The third-order valence-electron chi connectivity index (χ3n) is 3.95. The van der Waals surface area contributed by atoms with Gasteiger partial charge in [-0.05, 0) is 25.5 Å². The van der Waals surface area contributed by atoms with Crippen molar-refractivity contribution >= 4 is 0 Å². The van der Waals surface area contributed by atoms with Crippen molar-refractivity contribution in [1.82, 2.24) is 5.32 Å². The molecule has 2 nitrogen and oxygen atoms in total. The second-order valence-electron chi connectivity index (χ2n) is 5.40. The van der Waals surface area contributed by atoms with Crippen molar-refractivity contribution in [2.24, 2.45) is 0 Å². The number of benzene rings is 1. The van der Waals surface area contributed by atoms with Crippen molar-refractivity contribution in [3.8, 4) is 0 Å². The number of nitrogens with one attached hydrogen (secondary N) is 1. The van der Waals surface area contributed by atoms with Crippen molar-refractivity contribution < 1.29 is 9.13 Å². The summed E-state index contributed by atoms with van der Waals surface area (Å²) >= 11 is 0. The van der Waals surface area contributed by atoms with Crippen LogP contribution in [0.3, 0.4) is 0 Å². The third-order valence-corrected chi connectivity index (χ3v) is 3.95. The third kappa shape index (κ3) is 4.02. The molecule has 19 heavy (non-hydrogen) atoms. The predicted molar refractivity (Wildman–Crippen MR) is 75.5 cm³/mol. The molecule has 0 spiro atoms. The second kappa shape index (κ2) is 7.01. The van der Waals surface area contributed by atoms with Gasteiger partial charge in [-0.2, -0.15) is 0 Å². The Kier molecular flexibility index (Phi) is 5.34. The minimum absolute atomic E-state index is 0.101. The Morgan fingerprint density at radius 3 is 2.63 bits per heavy atom. The molecule has 2 rings (SSSR count). The molecule has 1 fully saturated rings. The van der Waals surface area contributed by atoms with Crippen LogP contribution in [0, 0.1) is 5.82 Å². The summed E-state index contributed by atoms with van der Waals surface area (Å²) in [6.45, 7) is 4.30. The van der Waals surface area contributed by atoms with E-state index >= 15 is 0 Å². The van der Waals surface area contributed by atoms with Crippen molar-refractivity contribution in [2.75, 3.05) is 13.1 Å². The lowest BCUT2D eigenvalue weighted by Crippen LogP contribution is -2.44. The smallest absolute Gasteiger partial charge is 0.128 e. The van der Waals surface area contributed by atoms with Gasteiger partial charge in [0.2, 0.25) is 0 Å². The highest BCUT2D eigenvalue weighted by Crippen LogP contribution is 2.32. The Morgan fingerprint density at radius 1 is 1.21 bits per heavy atom. The topological polar surface area (TPSA) is 21.3 Å². The Morgan fingerprint density at radius 2 is 1.95 bits per heavy atom. The van der Waals surface area contributed by atoms with Gasteiger partial charge in [-0.3, -0.25) is 0 Å². The van der Waals surface area contributed by atoms with Gasteiger partial charge in [0.1, 0.15) is 5.82 Å². The van der Waals surface area contributed by atoms with Gasteiger partial charge >= 0.3 is 0 Å². The van der Waals surface area contributed by atoms with Crippen LogP contribution in [0.25, 0.3) is 0 Å². The Bertz CT molecular complexity index is 388. The maximum absolute atomic E-state index is 13.6. The predicted octanol–water partition coefficient (Wildman–Crippen LogP) is 3.65. The Labute approximate surface area is 115 Å². The lowest BCUT2D eigenvalue weighted by atomic mass is 9.84. The monoisotopic (exact) mass is 265 g/mol. The second-order valence-corrected chi connectivity index (χ2v) is 5.40. The molecule has 0 unspecified atom stereocenters. The molecule has 0 aliphatic heterocycles. The van der Waals surface area contributed by atoms with Crippen LogP contribution in [-0.4, -0.2) is 18.7 Å². The molecule has 1 aliphatic rings. The molecule has 0 saturated heterocycles. The zero-order chi connectivity index (χ0) is 13.6. The first-order valence-electron chi connectivity index (χ1n) is 7.34. The molecule has 1 saturated carbocycles. The maximum atomic E-state index is 13.6. The first-order chi connectivity index (χ1) is 9.26. The van der Waals surface area contributed by atoms with E-state index in [-0.39, 0.29) is 11.4 Å². The van der Waals surface area contributed by atoms with Crippen molar-refractivity contribution in [2.45, 2.75) is 51.2 Å². The van der Waals surface area contributed by atoms with E-state index in [1.807, 2.05) is 6.07 Å². The van der Waals surface area contributed by atoms with Gasteiger partial charge < -0.3 is 10.1 Å². The molecule has 106 valence electrons. The zero-order valence-corrected chi connectivity index (χ0v) is 11.8. The van der Waals surface area contributed by atoms with Gasteiger partial charge in [0, 0.05) is 12.1 Å². The number of hydrogen-bond acceptors (Lipinski definition) is 2. The van der Waals surface area contributed by atoms with E-state index in [2.05, 4.69) is 12.2 Å². The highest BCUT2D eigenvalue weighted by molar-refractivity contribution is 5.16. The minimum Gasteiger partial charge on any atom is -0.369 e. The summed E-state index contributed by atoms with van der Waals surface area (Å²) in [5.41, 5.74) is 0.556. The molecule has 1 aromatic carbocycles. The molecular formula is C16H24FNO. The Hall–Kier alpha value is -0.930. The van der Waals surface area contributed by atoms with E-state index in [1.54, 1.807) is 12.1 Å². The molecule has 0 aromatic heterocycles. The van der Waals surface area contributed by atoms with E-state index < -0.39 is 0 Å². The summed E-state index contributed by atoms with van der Waals surface area (Å²) < 4.78 is 19.8. The average Bonchev–Trinajstić information content (AvgIpc) is 2.46. The van der Waals surface area contributed by atoms with E-state index in [0.29, 0.717) is 12.2 Å². The Balaban J connectivity index is 1.98. The van der Waals surface area contributed by atoms with E-state index in [4.69, 9.17) is 4.74 Å². The van der Waals surface area contributed by atoms with Crippen molar-refractivity contribution in [3.63, 3.8) is 0 Å². The van der Waals surface area contributed by atoms with Gasteiger partial charge in [-0.25, -0.2) is 4.39 Å². The van der Waals surface area contributed by atoms with Crippen LogP contribution >= 0.6 is 0 Å². The van der Waals surface area contributed by atoms with E-state index in [1.165, 1.54) is 25.3 Å². The van der Waals surface area contributed by atoms with Crippen LogP contribution in [0.4, 0.5) is 4.39 Å². The first kappa shape index (κ1) is 14.5. The fourth-order valence-corrected chi connectivity index (χ4v) is 2.77. The van der Waals surface area contributed by atoms with E-state index in [0.717, 1.165) is 25.9 Å². The molecule has 1 aromatic rings. The van der Waals surface area contributed by atoms with Crippen molar-refractivity contribution in [1.29, 1.82) is 0 Å². The largest absolute Gasteiger partial charge is 0.369 e. The van der Waals surface area contributed by atoms with Gasteiger partial charge in [-0.1, -0.05) is 44.4 Å². The summed E-state index contributed by atoms with van der Waals surface area (Å²) in [4.78, 5) is 0. The molecule has 1 aliphatic carbocycles. The molecule has 1 N–H and O–H groups in total. The highest BCUT2D eigenvalue weighted by atomic mass is 19.1. The fourth-order valence-electron chi connectivity index (χ4n) is 2.77. The number of likely N-dealkylation sites (N-methyl/N-ethyl adjacent to an activating group) is 1. The number of halogens is 1. The number of hydrogen-bond donors (Lipinski definition) is 1. The highest BCUT2D eigenvalue weighted by Gasteiger charge is 2.32. The SMILES string of the molecule is CCNCC1(OCc2ccccc2F)CCCCC1. The average molecular weight is 265 g/mol. The number of ether oxygens (including phenoxy) is 1. The maximum Gasteiger partial charge on any atom is 0.128 e. The standard InChI is InChI=1S/C16H24FNO/c1-2-18-13-16(10-6-3-7-11-16)19-12-14-8-4-5-9-15(14)17/h4-5,8-9,18H,2-3,6-7,10-13H2,1H3.